The number of benzene rings is 1. The van der Waals surface area contributed by atoms with Gasteiger partial charge in [-0.05, 0) is 44.8 Å². The maximum absolute atomic E-state index is 11.9. The van der Waals surface area contributed by atoms with E-state index in [0.717, 1.165) is 6.42 Å². The van der Waals surface area contributed by atoms with E-state index in [0.29, 0.717) is 24.1 Å². The fourth-order valence-electron chi connectivity index (χ4n) is 3.85. The highest BCUT2D eigenvalue weighted by Crippen LogP contribution is 2.30. The highest BCUT2D eigenvalue weighted by atomic mass is 16.5. The van der Waals surface area contributed by atoms with Crippen LogP contribution in [0.4, 0.5) is 0 Å². The number of fused-ring (bicyclic) bond motifs is 1. The average molecular weight is 327 g/mol. The van der Waals surface area contributed by atoms with Gasteiger partial charge in [0, 0.05) is 23.6 Å². The van der Waals surface area contributed by atoms with Crippen LogP contribution < -0.4 is 0 Å². The Morgan fingerprint density at radius 1 is 1.04 bits per heavy atom. The Labute approximate surface area is 143 Å². The van der Waals surface area contributed by atoms with E-state index < -0.39 is 5.97 Å². The van der Waals surface area contributed by atoms with Crippen molar-refractivity contribution in [1.82, 2.24) is 4.90 Å². The van der Waals surface area contributed by atoms with E-state index >= 15 is 0 Å². The highest BCUT2D eigenvalue weighted by Gasteiger charge is 2.33. The first-order valence-corrected chi connectivity index (χ1v) is 8.92. The Bertz CT molecular complexity index is 594. The molecule has 0 amide bonds. The first-order chi connectivity index (χ1) is 11.7. The molecule has 0 saturated carbocycles. The van der Waals surface area contributed by atoms with Gasteiger partial charge in [0.2, 0.25) is 0 Å². The van der Waals surface area contributed by atoms with Gasteiger partial charge < -0.3 is 4.74 Å². The van der Waals surface area contributed by atoms with Crippen LogP contribution in [0.1, 0.15) is 42.5 Å². The lowest BCUT2D eigenvalue weighted by Crippen LogP contribution is -2.49. The van der Waals surface area contributed by atoms with Gasteiger partial charge in [0.15, 0.2) is 5.78 Å². The van der Waals surface area contributed by atoms with Crippen molar-refractivity contribution < 1.29 is 14.3 Å². The molecule has 2 aliphatic rings. The number of esters is 1. The zero-order chi connectivity index (χ0) is 16.8. The number of carbonyl (C=O) groups is 2. The van der Waals surface area contributed by atoms with Gasteiger partial charge in [0.1, 0.15) is 0 Å². The highest BCUT2D eigenvalue weighted by molar-refractivity contribution is 6.06. The van der Waals surface area contributed by atoms with Crippen LogP contribution in [0, 0.1) is 5.92 Å². The summed E-state index contributed by atoms with van der Waals surface area (Å²) in [6.07, 6.45) is 8.62. The first-order valence-electron chi connectivity index (χ1n) is 8.92. The molecule has 4 heteroatoms. The SMILES string of the molecule is O=C(C=CC(=O)c1ccccc1)OC[C@@H]1CCCN2CCCC[C@H]12. The summed E-state index contributed by atoms with van der Waals surface area (Å²) >= 11 is 0. The lowest BCUT2D eigenvalue weighted by molar-refractivity contribution is -0.140. The van der Waals surface area contributed by atoms with E-state index in [2.05, 4.69) is 4.90 Å². The fraction of sp³-hybridized carbons (Fsp3) is 0.500. The molecule has 0 aromatic heterocycles. The Kier molecular flexibility index (Phi) is 5.81. The van der Waals surface area contributed by atoms with Crippen molar-refractivity contribution in [2.75, 3.05) is 19.7 Å². The Balaban J connectivity index is 1.48. The quantitative estimate of drug-likeness (QED) is 0.473. The molecule has 2 heterocycles. The number of ketones is 1. The molecule has 1 aromatic rings. The van der Waals surface area contributed by atoms with E-state index in [1.165, 1.54) is 50.9 Å². The third-order valence-electron chi connectivity index (χ3n) is 5.10. The van der Waals surface area contributed by atoms with Crippen molar-refractivity contribution in [2.45, 2.75) is 38.1 Å². The molecule has 24 heavy (non-hydrogen) atoms. The van der Waals surface area contributed by atoms with Crippen LogP contribution in [0.15, 0.2) is 42.5 Å². The van der Waals surface area contributed by atoms with E-state index in [4.69, 9.17) is 4.74 Å². The number of rotatable bonds is 5. The van der Waals surface area contributed by atoms with Gasteiger partial charge in [-0.15, -0.1) is 0 Å². The molecule has 0 spiro atoms. The topological polar surface area (TPSA) is 46.6 Å². The summed E-state index contributed by atoms with van der Waals surface area (Å²) in [7, 11) is 0. The van der Waals surface area contributed by atoms with Crippen LogP contribution in [0.25, 0.3) is 0 Å². The Morgan fingerprint density at radius 2 is 1.83 bits per heavy atom. The number of carbonyl (C=O) groups excluding carboxylic acids is 2. The first kappa shape index (κ1) is 16.9. The maximum atomic E-state index is 11.9. The molecule has 1 aromatic carbocycles. The number of nitrogens with zero attached hydrogens (tertiary/aromatic N) is 1. The zero-order valence-corrected chi connectivity index (χ0v) is 14.0. The second kappa shape index (κ2) is 8.25. The van der Waals surface area contributed by atoms with Crippen molar-refractivity contribution in [3.05, 3.63) is 48.0 Å². The van der Waals surface area contributed by atoms with Gasteiger partial charge in [-0.3, -0.25) is 9.69 Å². The lowest BCUT2D eigenvalue weighted by Gasteiger charge is -2.44. The molecule has 2 atom stereocenters. The zero-order valence-electron chi connectivity index (χ0n) is 14.0. The third kappa shape index (κ3) is 4.32. The third-order valence-corrected chi connectivity index (χ3v) is 5.10. The summed E-state index contributed by atoms with van der Waals surface area (Å²) in [5.41, 5.74) is 0.576. The summed E-state index contributed by atoms with van der Waals surface area (Å²) in [4.78, 5) is 26.4. The summed E-state index contributed by atoms with van der Waals surface area (Å²) in [6, 6.07) is 9.50. The predicted molar refractivity (Wildman–Crippen MR) is 92.8 cm³/mol. The number of hydrogen-bond donors (Lipinski definition) is 0. The molecule has 2 fully saturated rings. The molecular formula is C20H25NO3. The van der Waals surface area contributed by atoms with E-state index in [9.17, 15) is 9.59 Å². The summed E-state index contributed by atoms with van der Waals surface area (Å²) in [6.45, 7) is 2.82. The van der Waals surface area contributed by atoms with Crippen molar-refractivity contribution in [3.8, 4) is 0 Å². The largest absolute Gasteiger partial charge is 0.462 e. The van der Waals surface area contributed by atoms with Crippen LogP contribution in [-0.2, 0) is 9.53 Å². The van der Waals surface area contributed by atoms with Crippen molar-refractivity contribution >= 4 is 11.8 Å². The summed E-state index contributed by atoms with van der Waals surface area (Å²) < 4.78 is 5.41. The van der Waals surface area contributed by atoms with Gasteiger partial charge in [-0.1, -0.05) is 36.8 Å². The molecule has 0 bridgehead atoms. The average Bonchev–Trinajstić information content (AvgIpc) is 2.65. The van der Waals surface area contributed by atoms with Crippen molar-refractivity contribution in [3.63, 3.8) is 0 Å². The number of ether oxygens (including phenoxy) is 1. The number of hydrogen-bond acceptors (Lipinski definition) is 4. The van der Waals surface area contributed by atoms with Crippen molar-refractivity contribution in [1.29, 1.82) is 0 Å². The second-order valence-electron chi connectivity index (χ2n) is 6.70. The lowest BCUT2D eigenvalue weighted by atomic mass is 9.84. The Morgan fingerprint density at radius 3 is 2.67 bits per heavy atom. The summed E-state index contributed by atoms with van der Waals surface area (Å²) in [5, 5.41) is 0. The molecule has 0 unspecified atom stereocenters. The van der Waals surface area contributed by atoms with Crippen LogP contribution in [-0.4, -0.2) is 42.4 Å². The van der Waals surface area contributed by atoms with Crippen LogP contribution in [0.5, 0.6) is 0 Å². The molecule has 0 aliphatic carbocycles. The molecule has 2 saturated heterocycles. The summed E-state index contributed by atoms with van der Waals surface area (Å²) in [5.74, 6) is -0.169. The second-order valence-corrected chi connectivity index (χ2v) is 6.70. The number of allylic oxidation sites excluding steroid dienone is 1. The van der Waals surface area contributed by atoms with Gasteiger partial charge in [0.25, 0.3) is 0 Å². The van der Waals surface area contributed by atoms with Gasteiger partial charge in [0.05, 0.1) is 6.61 Å². The van der Waals surface area contributed by atoms with E-state index in [1.54, 1.807) is 24.3 Å². The normalized spacial score (nSPS) is 24.5. The van der Waals surface area contributed by atoms with Crippen molar-refractivity contribution in [2.24, 2.45) is 5.92 Å². The molecular weight excluding hydrogens is 302 g/mol. The number of piperidine rings is 2. The molecule has 3 rings (SSSR count). The molecule has 0 radical (unpaired) electrons. The minimum atomic E-state index is -0.424. The maximum Gasteiger partial charge on any atom is 0.330 e. The standard InChI is InChI=1S/C20H25NO3/c22-19(16-7-2-1-3-8-16)11-12-20(23)24-15-17-9-6-14-21-13-5-4-10-18(17)21/h1-3,7-8,11-12,17-18H,4-6,9-10,13-15H2/t17-,18+/m0/s1. The monoisotopic (exact) mass is 327 g/mol. The smallest absolute Gasteiger partial charge is 0.330 e. The van der Waals surface area contributed by atoms with Gasteiger partial charge in [-0.25, -0.2) is 4.79 Å². The van der Waals surface area contributed by atoms with E-state index in [1.807, 2.05) is 6.07 Å². The Hall–Kier alpha value is -1.94. The molecule has 0 N–H and O–H groups in total. The minimum Gasteiger partial charge on any atom is -0.462 e. The molecule has 4 nitrogen and oxygen atoms in total. The molecule has 128 valence electrons. The van der Waals surface area contributed by atoms with Crippen LogP contribution in [0.2, 0.25) is 0 Å². The van der Waals surface area contributed by atoms with E-state index in [-0.39, 0.29) is 5.78 Å². The predicted octanol–water partition coefficient (Wildman–Crippen LogP) is 3.23. The fourth-order valence-corrected chi connectivity index (χ4v) is 3.85. The molecule has 2 aliphatic heterocycles. The van der Waals surface area contributed by atoms with Crippen LogP contribution >= 0.6 is 0 Å². The van der Waals surface area contributed by atoms with Crippen LogP contribution in [0.3, 0.4) is 0 Å². The van der Waals surface area contributed by atoms with Gasteiger partial charge >= 0.3 is 5.97 Å². The minimum absolute atomic E-state index is 0.177. The van der Waals surface area contributed by atoms with Gasteiger partial charge in [-0.2, -0.15) is 0 Å².